The van der Waals surface area contributed by atoms with Crippen LogP contribution in [0.1, 0.15) is 25.5 Å². The van der Waals surface area contributed by atoms with Gasteiger partial charge in [-0.1, -0.05) is 12.1 Å². The molecule has 1 aromatic carbocycles. The van der Waals surface area contributed by atoms with Crippen molar-refractivity contribution in [1.82, 2.24) is 5.32 Å². The summed E-state index contributed by atoms with van der Waals surface area (Å²) in [5.74, 6) is -0.0673. The number of amides is 1. The summed E-state index contributed by atoms with van der Waals surface area (Å²) in [5, 5.41) is 6.18. The summed E-state index contributed by atoms with van der Waals surface area (Å²) in [6.45, 7) is 4.84. The van der Waals surface area contributed by atoms with Gasteiger partial charge in [0.2, 0.25) is 5.91 Å². The molecule has 2 unspecified atom stereocenters. The zero-order chi connectivity index (χ0) is 15.0. The van der Waals surface area contributed by atoms with E-state index >= 15 is 0 Å². The molecule has 0 heterocycles. The lowest BCUT2D eigenvalue weighted by molar-refractivity contribution is -0.114. The average Bonchev–Trinajstić information content (AvgIpc) is 2.42. The minimum atomic E-state index is -0.0673. The molecule has 0 saturated carbocycles. The van der Waals surface area contributed by atoms with Crippen LogP contribution in [0.15, 0.2) is 24.3 Å². The summed E-state index contributed by atoms with van der Waals surface area (Å²) in [6, 6.07) is 7.97. The Morgan fingerprint density at radius 1 is 1.35 bits per heavy atom. The standard InChI is InChI=1S/C15H24N2O3/c1-11(16-9-15(20-4)10-19-3)13-6-5-7-14(8-13)17-12(2)18/h5-8,11,15-16H,9-10H2,1-4H3,(H,17,18). The molecule has 0 fully saturated rings. The van der Waals surface area contributed by atoms with Crippen molar-refractivity contribution in [3.8, 4) is 0 Å². The summed E-state index contributed by atoms with van der Waals surface area (Å²) in [5.41, 5.74) is 1.92. The summed E-state index contributed by atoms with van der Waals surface area (Å²) >= 11 is 0. The first-order chi connectivity index (χ1) is 9.56. The fraction of sp³-hybridized carbons (Fsp3) is 0.533. The van der Waals surface area contributed by atoms with Crippen molar-refractivity contribution in [3.05, 3.63) is 29.8 Å². The molecule has 1 rings (SSSR count). The van der Waals surface area contributed by atoms with Gasteiger partial charge in [-0.3, -0.25) is 4.79 Å². The highest BCUT2D eigenvalue weighted by molar-refractivity contribution is 5.88. The van der Waals surface area contributed by atoms with Gasteiger partial charge in [0.1, 0.15) is 0 Å². The van der Waals surface area contributed by atoms with Crippen LogP contribution in [0, 0.1) is 0 Å². The van der Waals surface area contributed by atoms with Gasteiger partial charge in [0.25, 0.3) is 0 Å². The van der Waals surface area contributed by atoms with E-state index in [1.807, 2.05) is 24.3 Å². The molecule has 0 aliphatic carbocycles. The van der Waals surface area contributed by atoms with Crippen molar-refractivity contribution < 1.29 is 14.3 Å². The number of hydrogen-bond donors (Lipinski definition) is 2. The number of methoxy groups -OCH3 is 2. The molecule has 0 aliphatic heterocycles. The molecule has 0 saturated heterocycles. The molecule has 1 aromatic rings. The van der Waals surface area contributed by atoms with Crippen LogP contribution in [0.25, 0.3) is 0 Å². The van der Waals surface area contributed by atoms with E-state index in [2.05, 4.69) is 17.6 Å². The Morgan fingerprint density at radius 2 is 2.10 bits per heavy atom. The monoisotopic (exact) mass is 280 g/mol. The van der Waals surface area contributed by atoms with Crippen molar-refractivity contribution in [1.29, 1.82) is 0 Å². The van der Waals surface area contributed by atoms with Gasteiger partial charge >= 0.3 is 0 Å². The highest BCUT2D eigenvalue weighted by Crippen LogP contribution is 2.17. The molecule has 5 nitrogen and oxygen atoms in total. The van der Waals surface area contributed by atoms with Crippen LogP contribution in [0.5, 0.6) is 0 Å². The molecule has 0 aliphatic rings. The molecular weight excluding hydrogens is 256 g/mol. The first-order valence-corrected chi connectivity index (χ1v) is 6.69. The number of carbonyl (C=O) groups excluding carboxylic acids is 1. The van der Waals surface area contributed by atoms with Crippen molar-refractivity contribution in [2.75, 3.05) is 32.7 Å². The number of benzene rings is 1. The highest BCUT2D eigenvalue weighted by atomic mass is 16.5. The zero-order valence-electron chi connectivity index (χ0n) is 12.6. The number of nitrogens with one attached hydrogen (secondary N) is 2. The van der Waals surface area contributed by atoms with E-state index in [1.165, 1.54) is 6.92 Å². The Bertz CT molecular complexity index is 423. The smallest absolute Gasteiger partial charge is 0.221 e. The van der Waals surface area contributed by atoms with E-state index in [1.54, 1.807) is 14.2 Å². The van der Waals surface area contributed by atoms with Crippen molar-refractivity contribution in [3.63, 3.8) is 0 Å². The number of anilines is 1. The summed E-state index contributed by atoms with van der Waals surface area (Å²) in [6.07, 6.45) is 0.0287. The molecule has 112 valence electrons. The lowest BCUT2D eigenvalue weighted by Gasteiger charge is -2.20. The van der Waals surface area contributed by atoms with Gasteiger partial charge < -0.3 is 20.1 Å². The molecule has 0 bridgehead atoms. The molecule has 2 atom stereocenters. The van der Waals surface area contributed by atoms with Crippen LogP contribution in [-0.2, 0) is 14.3 Å². The topological polar surface area (TPSA) is 59.6 Å². The Hall–Kier alpha value is -1.43. The van der Waals surface area contributed by atoms with Gasteiger partial charge in [0.15, 0.2) is 0 Å². The second-order valence-electron chi connectivity index (χ2n) is 4.75. The average molecular weight is 280 g/mol. The van der Waals surface area contributed by atoms with Gasteiger partial charge in [0.05, 0.1) is 12.7 Å². The normalized spacial score (nSPS) is 13.8. The Balaban J connectivity index is 2.58. The maximum absolute atomic E-state index is 11.1. The van der Waals surface area contributed by atoms with E-state index in [-0.39, 0.29) is 18.1 Å². The quantitative estimate of drug-likeness (QED) is 0.764. The second-order valence-corrected chi connectivity index (χ2v) is 4.75. The fourth-order valence-electron chi connectivity index (χ4n) is 1.91. The molecule has 0 spiro atoms. The second kappa shape index (κ2) is 8.68. The third-order valence-electron chi connectivity index (χ3n) is 3.04. The van der Waals surface area contributed by atoms with Crippen LogP contribution < -0.4 is 10.6 Å². The lowest BCUT2D eigenvalue weighted by atomic mass is 10.1. The van der Waals surface area contributed by atoms with Crippen molar-refractivity contribution >= 4 is 11.6 Å². The zero-order valence-corrected chi connectivity index (χ0v) is 12.6. The van der Waals surface area contributed by atoms with E-state index < -0.39 is 0 Å². The first-order valence-electron chi connectivity index (χ1n) is 6.69. The summed E-state index contributed by atoms with van der Waals surface area (Å²) < 4.78 is 10.4. The van der Waals surface area contributed by atoms with Gasteiger partial charge in [-0.15, -0.1) is 0 Å². The molecular formula is C15H24N2O3. The van der Waals surface area contributed by atoms with Gasteiger partial charge in [0, 0.05) is 39.4 Å². The van der Waals surface area contributed by atoms with Crippen LogP contribution in [0.3, 0.4) is 0 Å². The lowest BCUT2D eigenvalue weighted by Crippen LogP contribution is -2.33. The molecule has 5 heteroatoms. The number of carbonyl (C=O) groups is 1. The first kappa shape index (κ1) is 16.6. The maximum atomic E-state index is 11.1. The fourth-order valence-corrected chi connectivity index (χ4v) is 1.91. The molecule has 1 amide bonds. The van der Waals surface area contributed by atoms with E-state index in [0.29, 0.717) is 13.2 Å². The summed E-state index contributed by atoms with van der Waals surface area (Å²) in [4.78, 5) is 11.1. The van der Waals surface area contributed by atoms with Gasteiger partial charge in [-0.05, 0) is 24.6 Å². The van der Waals surface area contributed by atoms with Crippen LogP contribution >= 0.6 is 0 Å². The highest BCUT2D eigenvalue weighted by Gasteiger charge is 2.11. The van der Waals surface area contributed by atoms with E-state index in [0.717, 1.165) is 11.3 Å². The van der Waals surface area contributed by atoms with Crippen molar-refractivity contribution in [2.45, 2.75) is 26.0 Å². The number of hydrogen-bond acceptors (Lipinski definition) is 4. The minimum Gasteiger partial charge on any atom is -0.382 e. The predicted molar refractivity (Wildman–Crippen MR) is 79.8 cm³/mol. The SMILES string of the molecule is COCC(CNC(C)c1cccc(NC(C)=O)c1)OC. The molecule has 0 radical (unpaired) electrons. The molecule has 0 aromatic heterocycles. The van der Waals surface area contributed by atoms with E-state index in [9.17, 15) is 4.79 Å². The van der Waals surface area contributed by atoms with Crippen LogP contribution in [0.4, 0.5) is 5.69 Å². The van der Waals surface area contributed by atoms with Crippen molar-refractivity contribution in [2.24, 2.45) is 0 Å². The molecule has 20 heavy (non-hydrogen) atoms. The number of ether oxygens (including phenoxy) is 2. The third kappa shape index (κ3) is 5.69. The minimum absolute atomic E-state index is 0.0287. The predicted octanol–water partition coefficient (Wildman–Crippen LogP) is 1.96. The maximum Gasteiger partial charge on any atom is 0.221 e. The van der Waals surface area contributed by atoms with Gasteiger partial charge in [-0.25, -0.2) is 0 Å². The largest absolute Gasteiger partial charge is 0.382 e. The Morgan fingerprint density at radius 3 is 2.70 bits per heavy atom. The summed E-state index contributed by atoms with van der Waals surface area (Å²) in [7, 11) is 3.33. The van der Waals surface area contributed by atoms with Crippen LogP contribution in [0.2, 0.25) is 0 Å². The number of rotatable bonds is 8. The van der Waals surface area contributed by atoms with E-state index in [4.69, 9.17) is 9.47 Å². The Kier molecular flexibility index (Phi) is 7.22. The van der Waals surface area contributed by atoms with Gasteiger partial charge in [-0.2, -0.15) is 0 Å². The Labute approximate surface area is 120 Å². The molecule has 2 N–H and O–H groups in total. The third-order valence-corrected chi connectivity index (χ3v) is 3.04. The van der Waals surface area contributed by atoms with Crippen LogP contribution in [-0.4, -0.2) is 39.4 Å².